The van der Waals surface area contributed by atoms with Crippen molar-refractivity contribution in [1.82, 2.24) is 0 Å². The zero-order chi connectivity index (χ0) is 39.0. The molecule has 0 aromatic heterocycles. The molecule has 4 aliphatic carbocycles. The van der Waals surface area contributed by atoms with Gasteiger partial charge in [-0.05, 0) is 95.8 Å². The van der Waals surface area contributed by atoms with Crippen molar-refractivity contribution in [2.24, 2.45) is 52.3 Å². The first-order valence-electron chi connectivity index (χ1n) is 21.5. The lowest BCUT2D eigenvalue weighted by Crippen LogP contribution is -2.66. The van der Waals surface area contributed by atoms with Crippen LogP contribution in [0.5, 0.6) is 0 Å². The highest BCUT2D eigenvalue weighted by atomic mass is 16.5. The molecule has 0 bridgehead atoms. The largest absolute Gasteiger partial charge is 0.462 e. The van der Waals surface area contributed by atoms with E-state index in [-0.39, 0.29) is 70.7 Å². The van der Waals surface area contributed by atoms with Crippen LogP contribution in [-0.2, 0) is 48.4 Å². The molecular formula is C50H62O6. The van der Waals surface area contributed by atoms with Crippen LogP contribution >= 0.6 is 0 Å². The number of carbonyl (C=O) groups excluding carboxylic acids is 2. The predicted molar refractivity (Wildman–Crippen MR) is 218 cm³/mol. The molecule has 1 aliphatic heterocycles. The SMILES string of the molecule is CC(C)C1CC(=O)OC(C(C)C2=CC(=O)C3C4C(OCc5ccccc5)[C@H](OCc5ccccc5)C5C[C@H](OCc6ccccc6)CC[C@]5(C)C4CC[C@]23C)C1. The van der Waals surface area contributed by atoms with Gasteiger partial charge in [-0.3, -0.25) is 9.59 Å². The average molecular weight is 759 g/mol. The van der Waals surface area contributed by atoms with Crippen molar-refractivity contribution in [3.8, 4) is 0 Å². The Bertz CT molecular complexity index is 1840. The third-order valence-corrected chi connectivity index (χ3v) is 15.2. The van der Waals surface area contributed by atoms with Crippen molar-refractivity contribution >= 4 is 11.8 Å². The number of cyclic esters (lactones) is 1. The van der Waals surface area contributed by atoms with E-state index in [1.54, 1.807) is 0 Å². The lowest BCUT2D eigenvalue weighted by molar-refractivity contribution is -0.250. The lowest BCUT2D eigenvalue weighted by atomic mass is 9.43. The normalized spacial score (nSPS) is 35.9. The van der Waals surface area contributed by atoms with Crippen LogP contribution in [0.3, 0.4) is 0 Å². The Balaban J connectivity index is 1.14. The van der Waals surface area contributed by atoms with Crippen LogP contribution in [0.1, 0.15) is 96.3 Å². The van der Waals surface area contributed by atoms with E-state index in [4.69, 9.17) is 18.9 Å². The smallest absolute Gasteiger partial charge is 0.306 e. The number of carbonyl (C=O) groups is 2. The molecule has 3 aromatic rings. The number of esters is 1. The maximum Gasteiger partial charge on any atom is 0.306 e. The third-order valence-electron chi connectivity index (χ3n) is 15.2. The molecule has 8 unspecified atom stereocenters. The fraction of sp³-hybridized carbons (Fsp3) is 0.560. The number of rotatable bonds is 12. The van der Waals surface area contributed by atoms with E-state index in [1.165, 1.54) is 11.1 Å². The molecule has 1 heterocycles. The van der Waals surface area contributed by atoms with Gasteiger partial charge in [-0.15, -0.1) is 0 Å². The molecule has 12 atom stereocenters. The molecule has 3 aromatic carbocycles. The van der Waals surface area contributed by atoms with E-state index in [0.717, 1.165) is 49.7 Å². The zero-order valence-electron chi connectivity index (χ0n) is 34.1. The second kappa shape index (κ2) is 16.3. The minimum atomic E-state index is -0.355. The number of ketones is 1. The Morgan fingerprint density at radius 2 is 1.27 bits per heavy atom. The van der Waals surface area contributed by atoms with E-state index in [9.17, 15) is 9.59 Å². The van der Waals surface area contributed by atoms with Crippen LogP contribution < -0.4 is 0 Å². The quantitative estimate of drug-likeness (QED) is 0.171. The number of benzene rings is 3. The molecule has 5 aliphatic rings. The van der Waals surface area contributed by atoms with Gasteiger partial charge in [-0.25, -0.2) is 0 Å². The Hall–Kier alpha value is -3.58. The molecule has 0 radical (unpaired) electrons. The minimum absolute atomic E-state index is 0.0213. The first-order valence-corrected chi connectivity index (χ1v) is 21.5. The van der Waals surface area contributed by atoms with E-state index < -0.39 is 0 Å². The van der Waals surface area contributed by atoms with Crippen molar-refractivity contribution in [3.63, 3.8) is 0 Å². The summed E-state index contributed by atoms with van der Waals surface area (Å²) in [4.78, 5) is 27.8. The first kappa shape index (κ1) is 39.3. The number of ether oxygens (including phenoxy) is 4. The van der Waals surface area contributed by atoms with Crippen LogP contribution in [0.15, 0.2) is 103 Å². The van der Waals surface area contributed by atoms with Gasteiger partial charge >= 0.3 is 5.97 Å². The van der Waals surface area contributed by atoms with Crippen molar-refractivity contribution in [2.45, 2.75) is 124 Å². The molecule has 3 saturated carbocycles. The molecule has 0 amide bonds. The summed E-state index contributed by atoms with van der Waals surface area (Å²) in [6.45, 7) is 13.0. The minimum Gasteiger partial charge on any atom is -0.462 e. The molecule has 6 nitrogen and oxygen atoms in total. The fourth-order valence-corrected chi connectivity index (χ4v) is 12.0. The van der Waals surface area contributed by atoms with Gasteiger partial charge < -0.3 is 18.9 Å². The monoisotopic (exact) mass is 758 g/mol. The Kier molecular flexibility index (Phi) is 11.5. The van der Waals surface area contributed by atoms with Gasteiger partial charge in [0.05, 0.1) is 38.1 Å². The van der Waals surface area contributed by atoms with Crippen molar-refractivity contribution in [1.29, 1.82) is 0 Å². The molecule has 0 N–H and O–H groups in total. The topological polar surface area (TPSA) is 71.1 Å². The van der Waals surface area contributed by atoms with E-state index in [1.807, 2.05) is 18.2 Å². The Morgan fingerprint density at radius 1 is 0.696 bits per heavy atom. The van der Waals surface area contributed by atoms with Crippen molar-refractivity contribution < 1.29 is 28.5 Å². The summed E-state index contributed by atoms with van der Waals surface area (Å²) in [6, 6.07) is 31.4. The second-order valence-electron chi connectivity index (χ2n) is 18.7. The average Bonchev–Trinajstić information content (AvgIpc) is 3.49. The molecule has 0 spiro atoms. The van der Waals surface area contributed by atoms with Crippen LogP contribution in [-0.4, -0.2) is 36.2 Å². The highest BCUT2D eigenvalue weighted by Crippen LogP contribution is 2.67. The number of fused-ring (bicyclic) bond motifs is 5. The highest BCUT2D eigenvalue weighted by Gasteiger charge is 2.67. The van der Waals surface area contributed by atoms with Crippen LogP contribution in [0.2, 0.25) is 0 Å². The molecule has 4 fully saturated rings. The predicted octanol–water partition coefficient (Wildman–Crippen LogP) is 10.3. The van der Waals surface area contributed by atoms with Crippen LogP contribution in [0.25, 0.3) is 0 Å². The second-order valence-corrected chi connectivity index (χ2v) is 18.7. The van der Waals surface area contributed by atoms with E-state index in [2.05, 4.69) is 113 Å². The van der Waals surface area contributed by atoms with Crippen molar-refractivity contribution in [2.75, 3.05) is 0 Å². The number of hydrogen-bond donors (Lipinski definition) is 0. The summed E-state index contributed by atoms with van der Waals surface area (Å²) in [5.41, 5.74) is 4.21. The maximum absolute atomic E-state index is 14.8. The number of allylic oxidation sites excluding steroid dienone is 1. The molecule has 6 heteroatoms. The van der Waals surface area contributed by atoms with Gasteiger partial charge in [-0.1, -0.05) is 131 Å². The van der Waals surface area contributed by atoms with Crippen LogP contribution in [0.4, 0.5) is 0 Å². The summed E-state index contributed by atoms with van der Waals surface area (Å²) in [7, 11) is 0. The van der Waals surface area contributed by atoms with Crippen LogP contribution in [0, 0.1) is 52.3 Å². The molecule has 1 saturated heterocycles. The Morgan fingerprint density at radius 3 is 1.86 bits per heavy atom. The van der Waals surface area contributed by atoms with Gasteiger partial charge in [0.2, 0.25) is 0 Å². The van der Waals surface area contributed by atoms with E-state index >= 15 is 0 Å². The fourth-order valence-electron chi connectivity index (χ4n) is 12.0. The number of hydrogen-bond acceptors (Lipinski definition) is 6. The van der Waals surface area contributed by atoms with Gasteiger partial charge in [0.15, 0.2) is 5.78 Å². The van der Waals surface area contributed by atoms with E-state index in [0.29, 0.717) is 44.0 Å². The summed E-state index contributed by atoms with van der Waals surface area (Å²) in [5.74, 6) is 1.01. The zero-order valence-corrected chi connectivity index (χ0v) is 34.1. The standard InChI is InChI=1S/C50H62O6/c1-32(2)37-25-43(56-44(52)26-37)33(3)40-28-42(51)46-45-39(22-24-50(40,46)5)49(4)23-21-38(53-29-34-15-9-6-10-16-34)27-41(49)47(54-30-35-17-11-7-12-18-35)48(45)55-31-36-19-13-8-14-20-36/h6-20,28,32-33,37-39,41,43,45-48H,21-27,29-31H2,1-5H3/t33?,37?,38-,39?,41?,43?,45?,46?,47-,48?,49-,50-/m1/s1. The molecule has 298 valence electrons. The summed E-state index contributed by atoms with van der Waals surface area (Å²) in [5, 5.41) is 0. The highest BCUT2D eigenvalue weighted by molar-refractivity contribution is 5.97. The summed E-state index contributed by atoms with van der Waals surface area (Å²) in [6.07, 6.45) is 7.55. The molecule has 8 rings (SSSR count). The van der Waals surface area contributed by atoms with Gasteiger partial charge in [0, 0.05) is 24.2 Å². The van der Waals surface area contributed by atoms with Crippen molar-refractivity contribution in [3.05, 3.63) is 119 Å². The van der Waals surface area contributed by atoms with Gasteiger partial charge in [0.1, 0.15) is 6.10 Å². The molecular weight excluding hydrogens is 697 g/mol. The Labute approximate surface area is 334 Å². The maximum atomic E-state index is 14.8. The first-order chi connectivity index (χ1) is 27.0. The van der Waals surface area contributed by atoms with Gasteiger partial charge in [0.25, 0.3) is 0 Å². The van der Waals surface area contributed by atoms with Gasteiger partial charge in [-0.2, -0.15) is 0 Å². The lowest BCUT2D eigenvalue weighted by Gasteiger charge is -2.64. The summed E-state index contributed by atoms with van der Waals surface area (Å²) < 4.78 is 27.3. The molecule has 56 heavy (non-hydrogen) atoms. The third kappa shape index (κ3) is 7.58. The summed E-state index contributed by atoms with van der Waals surface area (Å²) >= 11 is 0.